The van der Waals surface area contributed by atoms with Gasteiger partial charge < -0.3 is 22.2 Å². The quantitative estimate of drug-likeness (QED) is 0.324. The largest absolute Gasteiger partial charge is 0.399 e. The van der Waals surface area contributed by atoms with Crippen LogP contribution in [-0.4, -0.2) is 16.2 Å². The number of nitrogens with two attached hydrogens (primary N) is 2. The Kier molecular flexibility index (Phi) is 4.14. The van der Waals surface area contributed by atoms with Crippen molar-refractivity contribution < 1.29 is 0 Å². The van der Waals surface area contributed by atoms with Crippen LogP contribution in [0.4, 0.5) is 22.9 Å². The molecule has 0 aliphatic rings. The van der Waals surface area contributed by atoms with E-state index in [1.807, 2.05) is 60.7 Å². The molecular weight excluding hydrogens is 336 g/mol. The number of hydrogen-bond donors (Lipinski definition) is 4. The summed E-state index contributed by atoms with van der Waals surface area (Å²) in [7, 11) is 0. The Hall–Kier alpha value is -3.93. The zero-order valence-electron chi connectivity index (χ0n) is 14.5. The zero-order chi connectivity index (χ0) is 18.8. The number of rotatable bonds is 4. The highest BCUT2D eigenvalue weighted by atomic mass is 15.0. The maximum Gasteiger partial charge on any atom is 0.162 e. The van der Waals surface area contributed by atoms with Gasteiger partial charge in [0.05, 0.1) is 5.52 Å². The number of para-hydroxylation sites is 1. The fourth-order valence-electron chi connectivity index (χ4n) is 2.89. The number of nitrogens with zero attached hydrogens (tertiary/aromatic N) is 2. The van der Waals surface area contributed by atoms with Crippen molar-refractivity contribution in [2.45, 2.75) is 0 Å². The molecule has 3 aromatic carbocycles. The third-order valence-electron chi connectivity index (χ3n) is 4.25. The van der Waals surface area contributed by atoms with E-state index in [4.69, 9.17) is 21.9 Å². The molecule has 0 atom stereocenters. The maximum atomic E-state index is 7.49. The summed E-state index contributed by atoms with van der Waals surface area (Å²) >= 11 is 0. The van der Waals surface area contributed by atoms with Crippen molar-refractivity contribution in [2.75, 3.05) is 16.8 Å². The molecule has 0 fully saturated rings. The molecule has 0 aliphatic carbocycles. The van der Waals surface area contributed by atoms with Crippen LogP contribution in [0.2, 0.25) is 0 Å². The van der Waals surface area contributed by atoms with Gasteiger partial charge in [0.25, 0.3) is 0 Å². The van der Waals surface area contributed by atoms with Crippen LogP contribution < -0.4 is 16.8 Å². The van der Waals surface area contributed by atoms with Crippen LogP contribution in [0.1, 0.15) is 5.56 Å². The predicted molar refractivity (Wildman–Crippen MR) is 111 cm³/mol. The minimum absolute atomic E-state index is 0.559. The Balaban J connectivity index is 1.85. The van der Waals surface area contributed by atoms with Crippen molar-refractivity contribution in [3.8, 4) is 11.4 Å². The van der Waals surface area contributed by atoms with Crippen LogP contribution in [0.3, 0.4) is 0 Å². The Morgan fingerprint density at radius 2 is 1.74 bits per heavy atom. The molecular formula is C21H18N6. The molecule has 0 amide bonds. The molecule has 6 N–H and O–H groups in total. The lowest BCUT2D eigenvalue weighted by molar-refractivity contribution is 1.22. The molecule has 4 rings (SSSR count). The van der Waals surface area contributed by atoms with E-state index in [0.29, 0.717) is 28.6 Å². The molecule has 0 radical (unpaired) electrons. The second-order valence-electron chi connectivity index (χ2n) is 6.15. The van der Waals surface area contributed by atoms with Crippen molar-refractivity contribution in [2.24, 2.45) is 0 Å². The van der Waals surface area contributed by atoms with E-state index >= 15 is 0 Å². The van der Waals surface area contributed by atoms with Gasteiger partial charge in [0.1, 0.15) is 5.82 Å². The first-order chi connectivity index (χ1) is 13.1. The van der Waals surface area contributed by atoms with E-state index in [0.717, 1.165) is 22.2 Å². The smallest absolute Gasteiger partial charge is 0.162 e. The molecule has 132 valence electrons. The lowest BCUT2D eigenvalue weighted by atomic mass is 10.1. The third-order valence-corrected chi connectivity index (χ3v) is 4.25. The van der Waals surface area contributed by atoms with Gasteiger partial charge in [-0.2, -0.15) is 0 Å². The summed E-state index contributed by atoms with van der Waals surface area (Å²) in [6.45, 7) is 0. The minimum atomic E-state index is 0.559. The highest BCUT2D eigenvalue weighted by Crippen LogP contribution is 2.28. The predicted octanol–water partition coefficient (Wildman–Crippen LogP) is 4.20. The molecule has 1 heterocycles. The number of fused-ring (bicyclic) bond motifs is 1. The Labute approximate surface area is 156 Å². The van der Waals surface area contributed by atoms with Gasteiger partial charge in [-0.05, 0) is 42.5 Å². The molecule has 4 aromatic rings. The fourth-order valence-corrected chi connectivity index (χ4v) is 2.89. The topological polar surface area (TPSA) is 114 Å². The van der Waals surface area contributed by atoms with Crippen molar-refractivity contribution >= 4 is 40.0 Å². The van der Waals surface area contributed by atoms with Crippen LogP contribution in [-0.2, 0) is 0 Å². The van der Waals surface area contributed by atoms with Crippen LogP contribution >= 0.6 is 0 Å². The molecule has 6 nitrogen and oxygen atoms in total. The number of nitrogens with one attached hydrogen (secondary N) is 2. The lowest BCUT2D eigenvalue weighted by Gasteiger charge is -2.12. The van der Waals surface area contributed by atoms with Crippen LogP contribution in [0, 0.1) is 5.41 Å². The highest BCUT2D eigenvalue weighted by molar-refractivity contribution is 5.93. The molecule has 0 bridgehead atoms. The van der Waals surface area contributed by atoms with Crippen molar-refractivity contribution in [1.82, 2.24) is 9.97 Å². The first kappa shape index (κ1) is 16.5. The molecule has 6 heteroatoms. The van der Waals surface area contributed by atoms with Gasteiger partial charge in [-0.25, -0.2) is 9.97 Å². The Bertz CT molecular complexity index is 1150. The van der Waals surface area contributed by atoms with Crippen LogP contribution in [0.15, 0.2) is 66.7 Å². The third kappa shape index (κ3) is 3.28. The van der Waals surface area contributed by atoms with Gasteiger partial charge in [-0.15, -0.1) is 0 Å². The summed E-state index contributed by atoms with van der Waals surface area (Å²) < 4.78 is 0. The van der Waals surface area contributed by atoms with E-state index in [-0.39, 0.29) is 0 Å². The van der Waals surface area contributed by atoms with Crippen molar-refractivity contribution in [3.05, 3.63) is 72.3 Å². The van der Waals surface area contributed by atoms with E-state index < -0.39 is 0 Å². The summed E-state index contributed by atoms with van der Waals surface area (Å²) in [5.41, 5.74) is 16.1. The van der Waals surface area contributed by atoms with Crippen molar-refractivity contribution in [3.63, 3.8) is 0 Å². The standard InChI is InChI=1S/C21H18N6/c22-12-14-11-16(8-9-18(14)24)25-21-17-6-1-2-7-19(17)26-20(27-21)13-4-3-5-15(23)10-13/h1-12,22H,23-24H2,(H,25,26,27). The number of nitrogen functional groups attached to an aromatic ring is 2. The number of hydrogen-bond acceptors (Lipinski definition) is 6. The highest BCUT2D eigenvalue weighted by Gasteiger charge is 2.10. The molecule has 0 saturated heterocycles. The van der Waals surface area contributed by atoms with E-state index in [9.17, 15) is 0 Å². The van der Waals surface area contributed by atoms with Gasteiger partial charge in [0.2, 0.25) is 0 Å². The second-order valence-corrected chi connectivity index (χ2v) is 6.15. The molecule has 0 saturated carbocycles. The van der Waals surface area contributed by atoms with Gasteiger partial charge in [0, 0.05) is 39.8 Å². The summed E-state index contributed by atoms with van der Waals surface area (Å²) in [5, 5.41) is 11.7. The zero-order valence-corrected chi connectivity index (χ0v) is 14.5. The summed E-state index contributed by atoms with van der Waals surface area (Å²) in [4.78, 5) is 9.39. The summed E-state index contributed by atoms with van der Waals surface area (Å²) in [6, 6.07) is 20.7. The first-order valence-electron chi connectivity index (χ1n) is 8.44. The Morgan fingerprint density at radius 1 is 0.889 bits per heavy atom. The number of benzene rings is 3. The van der Waals surface area contributed by atoms with Crippen LogP contribution in [0.5, 0.6) is 0 Å². The molecule has 0 aliphatic heterocycles. The molecule has 0 spiro atoms. The Morgan fingerprint density at radius 3 is 2.56 bits per heavy atom. The SMILES string of the molecule is N=Cc1cc(Nc2nc(-c3cccc(N)c3)nc3ccccc23)ccc1N. The van der Waals surface area contributed by atoms with Gasteiger partial charge in [0.15, 0.2) is 5.82 Å². The number of anilines is 4. The number of aromatic nitrogens is 2. The maximum absolute atomic E-state index is 7.49. The van der Waals surface area contributed by atoms with Gasteiger partial charge in [-0.3, -0.25) is 0 Å². The average Bonchev–Trinajstić information content (AvgIpc) is 2.69. The van der Waals surface area contributed by atoms with E-state index in [1.54, 1.807) is 6.07 Å². The van der Waals surface area contributed by atoms with E-state index in [1.165, 1.54) is 6.21 Å². The monoisotopic (exact) mass is 354 g/mol. The van der Waals surface area contributed by atoms with Gasteiger partial charge >= 0.3 is 0 Å². The normalized spacial score (nSPS) is 10.7. The van der Waals surface area contributed by atoms with Crippen LogP contribution in [0.25, 0.3) is 22.3 Å². The molecule has 27 heavy (non-hydrogen) atoms. The van der Waals surface area contributed by atoms with Gasteiger partial charge in [-0.1, -0.05) is 24.3 Å². The molecule has 0 unspecified atom stereocenters. The summed E-state index contributed by atoms with van der Waals surface area (Å²) in [6.07, 6.45) is 1.23. The van der Waals surface area contributed by atoms with Crippen molar-refractivity contribution in [1.29, 1.82) is 5.41 Å². The molecule has 1 aromatic heterocycles. The lowest BCUT2D eigenvalue weighted by Crippen LogP contribution is -2.01. The fraction of sp³-hybridized carbons (Fsp3) is 0. The second kappa shape index (κ2) is 6.76. The summed E-state index contributed by atoms with van der Waals surface area (Å²) in [5.74, 6) is 1.27. The minimum Gasteiger partial charge on any atom is -0.399 e. The van der Waals surface area contributed by atoms with E-state index in [2.05, 4.69) is 10.3 Å². The first-order valence-corrected chi connectivity index (χ1v) is 8.44. The average molecular weight is 354 g/mol.